The van der Waals surface area contributed by atoms with E-state index in [4.69, 9.17) is 9.40 Å². The number of carbonyl (C=O) groups is 1. The summed E-state index contributed by atoms with van der Waals surface area (Å²) >= 11 is 0. The highest BCUT2D eigenvalue weighted by molar-refractivity contribution is 5.74. The molecule has 0 spiro atoms. The number of likely N-dealkylation sites (tertiary alicyclic amines) is 1. The average molecular weight is 381 g/mol. The molecule has 3 aromatic heterocycles. The molecule has 4 rings (SSSR count). The standard InChI is InChI=1S/C21H27N5O2/c1-15(2)13-26-19(24-18-6-3-8-22-20(18)26)11-16-7-9-25(14-16)21(27)23-12-17-5-4-10-28-17/h3-6,8,10,15-16H,7,9,11-14H2,1-2H3,(H,23,27)/t16-/m0/s1. The lowest BCUT2D eigenvalue weighted by atomic mass is 10.0. The van der Waals surface area contributed by atoms with Crippen molar-refractivity contribution in [3.8, 4) is 0 Å². The summed E-state index contributed by atoms with van der Waals surface area (Å²) in [5.74, 6) is 2.77. The van der Waals surface area contributed by atoms with E-state index < -0.39 is 0 Å². The van der Waals surface area contributed by atoms with E-state index in [9.17, 15) is 4.79 Å². The van der Waals surface area contributed by atoms with Crippen molar-refractivity contribution in [2.75, 3.05) is 13.1 Å². The number of nitrogens with one attached hydrogen (secondary N) is 1. The van der Waals surface area contributed by atoms with Gasteiger partial charge in [-0.2, -0.15) is 0 Å². The van der Waals surface area contributed by atoms with Crippen molar-refractivity contribution in [3.63, 3.8) is 0 Å². The van der Waals surface area contributed by atoms with Gasteiger partial charge in [-0.3, -0.25) is 0 Å². The maximum atomic E-state index is 12.4. The number of fused-ring (bicyclic) bond motifs is 1. The Morgan fingerprint density at radius 1 is 1.36 bits per heavy atom. The van der Waals surface area contributed by atoms with Gasteiger partial charge in [0.1, 0.15) is 17.1 Å². The molecule has 3 aromatic rings. The summed E-state index contributed by atoms with van der Waals surface area (Å²) in [6.07, 6.45) is 5.30. The molecule has 1 aliphatic heterocycles. The number of hydrogen-bond acceptors (Lipinski definition) is 4. The second-order valence-electron chi connectivity index (χ2n) is 7.92. The quantitative estimate of drug-likeness (QED) is 0.709. The van der Waals surface area contributed by atoms with Crippen molar-refractivity contribution < 1.29 is 9.21 Å². The first-order valence-corrected chi connectivity index (χ1v) is 9.95. The van der Waals surface area contributed by atoms with Crippen LogP contribution in [0, 0.1) is 11.8 Å². The highest BCUT2D eigenvalue weighted by Crippen LogP contribution is 2.23. The Hall–Kier alpha value is -2.83. The normalized spacial score (nSPS) is 17.0. The third kappa shape index (κ3) is 4.03. The van der Waals surface area contributed by atoms with Crippen LogP contribution in [0.1, 0.15) is 31.9 Å². The predicted molar refractivity (Wildman–Crippen MR) is 107 cm³/mol. The summed E-state index contributed by atoms with van der Waals surface area (Å²) < 4.78 is 7.52. The molecular weight excluding hydrogens is 354 g/mol. The van der Waals surface area contributed by atoms with Gasteiger partial charge in [0.05, 0.1) is 12.8 Å². The Morgan fingerprint density at radius 2 is 2.25 bits per heavy atom. The second kappa shape index (κ2) is 8.04. The SMILES string of the molecule is CC(C)Cn1c(C[C@@H]2CCN(C(=O)NCc3ccco3)C2)nc2cccnc21. The van der Waals surface area contributed by atoms with E-state index in [2.05, 4.69) is 28.7 Å². The maximum absolute atomic E-state index is 12.4. The Balaban J connectivity index is 1.40. The van der Waals surface area contributed by atoms with Crippen LogP contribution in [0.25, 0.3) is 11.2 Å². The lowest BCUT2D eigenvalue weighted by Crippen LogP contribution is -2.38. The van der Waals surface area contributed by atoms with Crippen LogP contribution in [-0.4, -0.2) is 38.6 Å². The van der Waals surface area contributed by atoms with E-state index >= 15 is 0 Å². The highest BCUT2D eigenvalue weighted by Gasteiger charge is 2.28. The molecule has 0 saturated carbocycles. The van der Waals surface area contributed by atoms with Crippen molar-refractivity contribution in [1.82, 2.24) is 24.8 Å². The number of carbonyl (C=O) groups excluding carboxylic acids is 1. The zero-order valence-electron chi connectivity index (χ0n) is 16.5. The van der Waals surface area contributed by atoms with Crippen LogP contribution < -0.4 is 5.32 Å². The first-order valence-electron chi connectivity index (χ1n) is 9.95. The molecule has 1 aliphatic rings. The van der Waals surface area contributed by atoms with Crippen LogP contribution in [0.3, 0.4) is 0 Å². The largest absolute Gasteiger partial charge is 0.467 e. The van der Waals surface area contributed by atoms with Crippen molar-refractivity contribution in [3.05, 3.63) is 48.3 Å². The molecule has 0 unspecified atom stereocenters. The summed E-state index contributed by atoms with van der Waals surface area (Å²) in [7, 11) is 0. The third-order valence-corrected chi connectivity index (χ3v) is 5.17. The number of rotatable bonds is 6. The Morgan fingerprint density at radius 3 is 3.04 bits per heavy atom. The molecule has 0 radical (unpaired) electrons. The molecule has 7 nitrogen and oxygen atoms in total. The van der Waals surface area contributed by atoms with E-state index in [0.29, 0.717) is 18.4 Å². The monoisotopic (exact) mass is 381 g/mol. The molecular formula is C21H27N5O2. The molecule has 28 heavy (non-hydrogen) atoms. The number of aromatic nitrogens is 3. The lowest BCUT2D eigenvalue weighted by Gasteiger charge is -2.17. The number of nitrogens with zero attached hydrogens (tertiary/aromatic N) is 4. The molecule has 1 saturated heterocycles. The van der Waals surface area contributed by atoms with E-state index in [-0.39, 0.29) is 6.03 Å². The first-order chi connectivity index (χ1) is 13.6. The van der Waals surface area contributed by atoms with Gasteiger partial charge < -0.3 is 19.2 Å². The molecule has 0 bridgehead atoms. The number of pyridine rings is 1. The molecule has 4 heterocycles. The Bertz CT molecular complexity index is 932. The zero-order chi connectivity index (χ0) is 19.5. The Kier molecular flexibility index (Phi) is 5.32. The van der Waals surface area contributed by atoms with Gasteiger partial charge in [0.25, 0.3) is 0 Å². The van der Waals surface area contributed by atoms with Crippen molar-refractivity contribution in [2.24, 2.45) is 11.8 Å². The first kappa shape index (κ1) is 18.5. The lowest BCUT2D eigenvalue weighted by molar-refractivity contribution is 0.205. The molecule has 1 fully saturated rings. The van der Waals surface area contributed by atoms with Gasteiger partial charge in [0, 0.05) is 32.3 Å². The van der Waals surface area contributed by atoms with E-state index in [0.717, 1.165) is 55.2 Å². The summed E-state index contributed by atoms with van der Waals surface area (Å²) in [5, 5.41) is 2.93. The van der Waals surface area contributed by atoms with Crippen molar-refractivity contribution >= 4 is 17.2 Å². The van der Waals surface area contributed by atoms with Gasteiger partial charge in [0.2, 0.25) is 0 Å². The van der Waals surface area contributed by atoms with Gasteiger partial charge in [-0.05, 0) is 42.5 Å². The van der Waals surface area contributed by atoms with Crippen LogP contribution >= 0.6 is 0 Å². The van der Waals surface area contributed by atoms with Gasteiger partial charge >= 0.3 is 6.03 Å². The van der Waals surface area contributed by atoms with E-state index in [1.54, 1.807) is 6.26 Å². The topological polar surface area (TPSA) is 76.2 Å². The molecule has 148 valence electrons. The fraction of sp³-hybridized carbons (Fsp3) is 0.476. The molecule has 2 amide bonds. The van der Waals surface area contributed by atoms with Gasteiger partial charge in [-0.25, -0.2) is 14.8 Å². The Labute approximate surface area is 164 Å². The smallest absolute Gasteiger partial charge is 0.317 e. The molecule has 0 aliphatic carbocycles. The molecule has 7 heteroatoms. The molecule has 1 atom stereocenters. The van der Waals surface area contributed by atoms with Gasteiger partial charge in [0.15, 0.2) is 5.65 Å². The molecule has 0 aromatic carbocycles. The van der Waals surface area contributed by atoms with E-state index in [1.165, 1.54) is 0 Å². The van der Waals surface area contributed by atoms with E-state index in [1.807, 2.05) is 35.4 Å². The van der Waals surface area contributed by atoms with Crippen LogP contribution in [0.2, 0.25) is 0 Å². The third-order valence-electron chi connectivity index (χ3n) is 5.17. The van der Waals surface area contributed by atoms with Crippen LogP contribution in [0.15, 0.2) is 41.1 Å². The number of urea groups is 1. The van der Waals surface area contributed by atoms with Crippen LogP contribution in [-0.2, 0) is 19.5 Å². The maximum Gasteiger partial charge on any atom is 0.317 e. The zero-order valence-corrected chi connectivity index (χ0v) is 16.5. The highest BCUT2D eigenvalue weighted by atomic mass is 16.3. The average Bonchev–Trinajstić information content (AvgIpc) is 3.41. The minimum absolute atomic E-state index is 0.0312. The summed E-state index contributed by atoms with van der Waals surface area (Å²) in [4.78, 5) is 23.7. The number of amides is 2. The number of hydrogen-bond donors (Lipinski definition) is 1. The minimum atomic E-state index is -0.0312. The summed E-state index contributed by atoms with van der Waals surface area (Å²) in [6.45, 7) is 7.27. The number of imidazole rings is 1. The minimum Gasteiger partial charge on any atom is -0.467 e. The van der Waals surface area contributed by atoms with Crippen molar-refractivity contribution in [1.29, 1.82) is 0 Å². The van der Waals surface area contributed by atoms with Crippen molar-refractivity contribution in [2.45, 2.75) is 39.8 Å². The fourth-order valence-electron chi connectivity index (χ4n) is 3.85. The fourth-order valence-corrected chi connectivity index (χ4v) is 3.85. The van der Waals surface area contributed by atoms with Crippen LogP contribution in [0.4, 0.5) is 4.79 Å². The van der Waals surface area contributed by atoms with Gasteiger partial charge in [-0.1, -0.05) is 13.8 Å². The summed E-state index contributed by atoms with van der Waals surface area (Å²) in [5.41, 5.74) is 1.90. The number of furan rings is 1. The van der Waals surface area contributed by atoms with Crippen LogP contribution in [0.5, 0.6) is 0 Å². The predicted octanol–water partition coefficient (Wildman–Crippen LogP) is 3.45. The molecule has 1 N–H and O–H groups in total. The summed E-state index contributed by atoms with van der Waals surface area (Å²) in [6, 6.07) is 7.60. The second-order valence-corrected chi connectivity index (χ2v) is 7.92. The van der Waals surface area contributed by atoms with Gasteiger partial charge in [-0.15, -0.1) is 0 Å².